The van der Waals surface area contributed by atoms with Crippen LogP contribution in [-0.4, -0.2) is 24.7 Å². The molecule has 8 heteroatoms. The maximum atomic E-state index is 12.0. The van der Waals surface area contributed by atoms with Crippen LogP contribution >= 0.6 is 12.4 Å². The van der Waals surface area contributed by atoms with Crippen LogP contribution in [0.15, 0.2) is 24.3 Å². The van der Waals surface area contributed by atoms with Crippen molar-refractivity contribution in [2.75, 3.05) is 6.61 Å². The average Bonchev–Trinajstić information content (AvgIpc) is 2.89. The molecule has 0 aromatic heterocycles. The fourth-order valence-corrected chi connectivity index (χ4v) is 2.50. The molecule has 1 aliphatic rings. The first-order chi connectivity index (χ1) is 10.3. The molecule has 1 saturated carbocycles. The molecule has 0 spiro atoms. The molecule has 0 saturated heterocycles. The molecular weight excluding hydrogens is 333 g/mol. The number of carbonyl (C=O) groups is 1. The van der Waals surface area contributed by atoms with Gasteiger partial charge in [0.15, 0.2) is 6.61 Å². The number of hydrogen-bond acceptors (Lipinski definition) is 3. The van der Waals surface area contributed by atoms with Crippen LogP contribution in [-0.2, 0) is 11.3 Å². The lowest BCUT2D eigenvalue weighted by atomic mass is 10.0. The molecule has 0 heterocycles. The summed E-state index contributed by atoms with van der Waals surface area (Å²) in [6, 6.07) is 6.07. The van der Waals surface area contributed by atoms with E-state index in [-0.39, 0.29) is 36.0 Å². The van der Waals surface area contributed by atoms with Crippen molar-refractivity contribution in [2.24, 2.45) is 11.7 Å². The number of amides is 1. The van der Waals surface area contributed by atoms with Gasteiger partial charge in [-0.1, -0.05) is 18.6 Å². The fraction of sp³-hybridized carbons (Fsp3) is 0.533. The van der Waals surface area contributed by atoms with E-state index in [9.17, 15) is 18.0 Å². The Bertz CT molecular complexity index is 508. The molecule has 1 aliphatic carbocycles. The summed E-state index contributed by atoms with van der Waals surface area (Å²) in [6.07, 6.45) is -1.72. The SMILES string of the molecule is Cl.NC1CCCC1C(=O)NCc1ccc(OCC(F)(F)F)cc1. The van der Waals surface area contributed by atoms with Gasteiger partial charge in [-0.05, 0) is 30.5 Å². The van der Waals surface area contributed by atoms with Gasteiger partial charge in [-0.15, -0.1) is 12.4 Å². The van der Waals surface area contributed by atoms with Crippen molar-refractivity contribution in [1.82, 2.24) is 5.32 Å². The number of hydrogen-bond donors (Lipinski definition) is 2. The number of carbonyl (C=O) groups excluding carboxylic acids is 1. The van der Waals surface area contributed by atoms with Crippen LogP contribution in [0.2, 0.25) is 0 Å². The molecule has 4 nitrogen and oxygen atoms in total. The Morgan fingerprint density at radius 3 is 2.43 bits per heavy atom. The third-order valence-electron chi connectivity index (χ3n) is 3.70. The first-order valence-corrected chi connectivity index (χ1v) is 7.17. The van der Waals surface area contributed by atoms with Gasteiger partial charge in [0, 0.05) is 12.6 Å². The van der Waals surface area contributed by atoms with Crippen LogP contribution in [0.5, 0.6) is 5.75 Å². The Morgan fingerprint density at radius 1 is 1.26 bits per heavy atom. The minimum absolute atomic E-state index is 0. The Hall–Kier alpha value is -1.47. The predicted molar refractivity (Wildman–Crippen MR) is 82.4 cm³/mol. The molecule has 2 unspecified atom stereocenters. The predicted octanol–water partition coefficient (Wildman–Crippen LogP) is 2.79. The fourth-order valence-electron chi connectivity index (χ4n) is 2.50. The van der Waals surface area contributed by atoms with Crippen molar-refractivity contribution >= 4 is 18.3 Å². The molecule has 2 atom stereocenters. The maximum Gasteiger partial charge on any atom is 0.422 e. The van der Waals surface area contributed by atoms with E-state index in [1.165, 1.54) is 12.1 Å². The minimum Gasteiger partial charge on any atom is -0.484 e. The van der Waals surface area contributed by atoms with Crippen molar-refractivity contribution in [3.63, 3.8) is 0 Å². The summed E-state index contributed by atoms with van der Waals surface area (Å²) in [5.74, 6) is -0.0676. The molecule has 0 bridgehead atoms. The summed E-state index contributed by atoms with van der Waals surface area (Å²) in [5.41, 5.74) is 6.66. The second-order valence-corrected chi connectivity index (χ2v) is 5.47. The number of ether oxygens (including phenoxy) is 1. The summed E-state index contributed by atoms with van der Waals surface area (Å²) in [5, 5.41) is 2.81. The highest BCUT2D eigenvalue weighted by atomic mass is 35.5. The summed E-state index contributed by atoms with van der Waals surface area (Å²) in [6.45, 7) is -0.996. The van der Waals surface area contributed by atoms with Crippen molar-refractivity contribution in [3.8, 4) is 5.75 Å². The molecule has 0 radical (unpaired) electrons. The van der Waals surface area contributed by atoms with Gasteiger partial charge < -0.3 is 15.8 Å². The van der Waals surface area contributed by atoms with Gasteiger partial charge in [0.1, 0.15) is 5.75 Å². The quantitative estimate of drug-likeness (QED) is 0.856. The lowest BCUT2D eigenvalue weighted by Crippen LogP contribution is -2.38. The summed E-state index contributed by atoms with van der Waals surface area (Å²) < 4.78 is 40.7. The molecule has 23 heavy (non-hydrogen) atoms. The highest BCUT2D eigenvalue weighted by Crippen LogP contribution is 2.24. The van der Waals surface area contributed by atoms with E-state index in [0.29, 0.717) is 6.54 Å². The van der Waals surface area contributed by atoms with Gasteiger partial charge in [0.05, 0.1) is 5.92 Å². The molecule has 0 aliphatic heterocycles. The van der Waals surface area contributed by atoms with Crippen LogP contribution in [0, 0.1) is 5.92 Å². The smallest absolute Gasteiger partial charge is 0.422 e. The van der Waals surface area contributed by atoms with Gasteiger partial charge >= 0.3 is 6.18 Å². The van der Waals surface area contributed by atoms with E-state index >= 15 is 0 Å². The number of alkyl halides is 3. The van der Waals surface area contributed by atoms with Gasteiger partial charge in [-0.25, -0.2) is 0 Å². The van der Waals surface area contributed by atoms with E-state index in [4.69, 9.17) is 5.73 Å². The van der Waals surface area contributed by atoms with Gasteiger partial charge in [-0.2, -0.15) is 13.2 Å². The Morgan fingerprint density at radius 2 is 1.91 bits per heavy atom. The standard InChI is InChI=1S/C15H19F3N2O2.ClH/c16-15(17,18)9-22-11-6-4-10(5-7-11)8-20-14(21)12-2-1-3-13(12)19;/h4-7,12-13H,1-3,8-9,19H2,(H,20,21);1H. The lowest BCUT2D eigenvalue weighted by Gasteiger charge is -2.15. The van der Waals surface area contributed by atoms with Crippen molar-refractivity contribution in [3.05, 3.63) is 29.8 Å². The lowest BCUT2D eigenvalue weighted by molar-refractivity contribution is -0.153. The summed E-state index contributed by atoms with van der Waals surface area (Å²) in [4.78, 5) is 12.0. The normalized spacial score (nSPS) is 20.7. The number of nitrogens with one attached hydrogen (secondary N) is 1. The number of rotatable bonds is 5. The second-order valence-electron chi connectivity index (χ2n) is 5.47. The third-order valence-corrected chi connectivity index (χ3v) is 3.70. The zero-order valence-electron chi connectivity index (χ0n) is 12.4. The van der Waals surface area contributed by atoms with Crippen LogP contribution in [0.1, 0.15) is 24.8 Å². The van der Waals surface area contributed by atoms with E-state index in [2.05, 4.69) is 10.1 Å². The molecule has 2 rings (SSSR count). The first-order valence-electron chi connectivity index (χ1n) is 7.17. The highest BCUT2D eigenvalue weighted by Gasteiger charge is 2.30. The number of nitrogens with two attached hydrogens (primary N) is 1. The molecule has 1 aromatic rings. The Kier molecular flexibility index (Phi) is 7.15. The topological polar surface area (TPSA) is 64.4 Å². The average molecular weight is 353 g/mol. The number of halogens is 4. The van der Waals surface area contributed by atoms with E-state index in [1.54, 1.807) is 12.1 Å². The largest absolute Gasteiger partial charge is 0.484 e. The van der Waals surface area contributed by atoms with Crippen molar-refractivity contribution in [2.45, 2.75) is 38.0 Å². The summed E-state index contributed by atoms with van der Waals surface area (Å²) >= 11 is 0. The minimum atomic E-state index is -4.35. The highest BCUT2D eigenvalue weighted by molar-refractivity contribution is 5.85. The molecule has 1 fully saturated rings. The van der Waals surface area contributed by atoms with Crippen LogP contribution < -0.4 is 15.8 Å². The third kappa shape index (κ3) is 6.27. The van der Waals surface area contributed by atoms with Crippen molar-refractivity contribution < 1.29 is 22.7 Å². The second kappa shape index (κ2) is 8.40. The molecule has 130 valence electrons. The first kappa shape index (κ1) is 19.6. The zero-order valence-corrected chi connectivity index (χ0v) is 13.3. The van der Waals surface area contributed by atoms with Crippen molar-refractivity contribution in [1.29, 1.82) is 0 Å². The zero-order chi connectivity index (χ0) is 16.2. The number of benzene rings is 1. The Labute approximate surface area is 139 Å². The molecule has 3 N–H and O–H groups in total. The Balaban J connectivity index is 0.00000264. The van der Waals surface area contributed by atoms with Gasteiger partial charge in [-0.3, -0.25) is 4.79 Å². The molecule has 1 amide bonds. The van der Waals surface area contributed by atoms with Gasteiger partial charge in [0.25, 0.3) is 0 Å². The summed E-state index contributed by atoms with van der Waals surface area (Å²) in [7, 11) is 0. The van der Waals surface area contributed by atoms with Gasteiger partial charge in [0.2, 0.25) is 5.91 Å². The van der Waals surface area contributed by atoms with Crippen LogP contribution in [0.4, 0.5) is 13.2 Å². The molecular formula is C15H20ClF3N2O2. The van der Waals surface area contributed by atoms with Crippen LogP contribution in [0.25, 0.3) is 0 Å². The molecule has 1 aromatic carbocycles. The van der Waals surface area contributed by atoms with E-state index in [1.807, 2.05) is 0 Å². The maximum absolute atomic E-state index is 12.0. The monoisotopic (exact) mass is 352 g/mol. The van der Waals surface area contributed by atoms with Crippen LogP contribution in [0.3, 0.4) is 0 Å². The van der Waals surface area contributed by atoms with E-state index in [0.717, 1.165) is 24.8 Å². The van der Waals surface area contributed by atoms with E-state index < -0.39 is 12.8 Å².